The third-order valence-electron chi connectivity index (χ3n) is 4.82. The first-order chi connectivity index (χ1) is 9.28. The summed E-state index contributed by atoms with van der Waals surface area (Å²) >= 11 is 0. The molecule has 1 aromatic carbocycles. The highest BCUT2D eigenvalue weighted by molar-refractivity contribution is 6.00. The zero-order valence-corrected chi connectivity index (χ0v) is 11.0. The Morgan fingerprint density at radius 2 is 2.05 bits per heavy atom. The van der Waals surface area contributed by atoms with Gasteiger partial charge >= 0.3 is 0 Å². The SMILES string of the molecule is Nc1ccc(NCC2(C3CC3)CC2)c2ccncc12. The van der Waals surface area contributed by atoms with Crippen LogP contribution in [0.25, 0.3) is 10.8 Å². The highest BCUT2D eigenvalue weighted by Gasteiger charge is 2.53. The monoisotopic (exact) mass is 253 g/mol. The zero-order valence-electron chi connectivity index (χ0n) is 11.0. The van der Waals surface area contributed by atoms with Gasteiger partial charge in [-0.2, -0.15) is 0 Å². The number of nitrogens with one attached hydrogen (secondary N) is 1. The summed E-state index contributed by atoms with van der Waals surface area (Å²) in [4.78, 5) is 4.17. The Morgan fingerprint density at radius 3 is 2.79 bits per heavy atom. The summed E-state index contributed by atoms with van der Waals surface area (Å²) in [5.41, 5.74) is 8.62. The van der Waals surface area contributed by atoms with Gasteiger partial charge in [-0.15, -0.1) is 0 Å². The molecule has 98 valence electrons. The van der Waals surface area contributed by atoms with Gasteiger partial charge in [-0.3, -0.25) is 4.98 Å². The molecule has 0 atom stereocenters. The minimum atomic E-state index is 0.612. The summed E-state index contributed by atoms with van der Waals surface area (Å²) in [6.07, 6.45) is 9.37. The van der Waals surface area contributed by atoms with Gasteiger partial charge in [0.2, 0.25) is 0 Å². The second-order valence-electron chi connectivity index (χ2n) is 6.11. The number of hydrogen-bond donors (Lipinski definition) is 2. The average Bonchev–Trinajstić information content (AvgIpc) is 3.30. The summed E-state index contributed by atoms with van der Waals surface area (Å²) in [5, 5.41) is 5.88. The smallest absolute Gasteiger partial charge is 0.0422 e. The van der Waals surface area contributed by atoms with Crippen LogP contribution in [0.15, 0.2) is 30.6 Å². The van der Waals surface area contributed by atoms with E-state index in [9.17, 15) is 0 Å². The van der Waals surface area contributed by atoms with Gasteiger partial charge < -0.3 is 11.1 Å². The number of nitrogens with zero attached hydrogens (tertiary/aromatic N) is 1. The molecule has 2 aliphatic rings. The van der Waals surface area contributed by atoms with Crippen LogP contribution in [0.4, 0.5) is 11.4 Å². The number of aromatic nitrogens is 1. The first-order valence-electron chi connectivity index (χ1n) is 7.15. The van der Waals surface area contributed by atoms with Crippen molar-refractivity contribution in [2.45, 2.75) is 25.7 Å². The summed E-state index contributed by atoms with van der Waals surface area (Å²) in [5.74, 6) is 0.988. The number of rotatable bonds is 4. The van der Waals surface area contributed by atoms with Gasteiger partial charge in [-0.25, -0.2) is 0 Å². The van der Waals surface area contributed by atoms with Gasteiger partial charge in [-0.05, 0) is 55.2 Å². The molecule has 0 bridgehead atoms. The molecule has 2 fully saturated rings. The molecule has 3 heteroatoms. The second kappa shape index (κ2) is 3.86. The summed E-state index contributed by atoms with van der Waals surface area (Å²) < 4.78 is 0. The number of pyridine rings is 1. The average molecular weight is 253 g/mol. The lowest BCUT2D eigenvalue weighted by molar-refractivity contribution is 0.467. The summed E-state index contributed by atoms with van der Waals surface area (Å²) in [6.45, 7) is 1.11. The van der Waals surface area contributed by atoms with Crippen LogP contribution >= 0.6 is 0 Å². The molecule has 1 aromatic heterocycles. The molecule has 1 heterocycles. The molecule has 19 heavy (non-hydrogen) atoms. The standard InChI is InChI=1S/C16H19N3/c17-14-3-4-15(12-5-8-18-9-13(12)14)19-10-16(6-7-16)11-1-2-11/h3-5,8-9,11,19H,1-2,6-7,10,17H2. The number of nitrogen functional groups attached to an aromatic ring is 1. The molecule has 0 amide bonds. The lowest BCUT2D eigenvalue weighted by Crippen LogP contribution is -2.17. The Kier molecular flexibility index (Phi) is 2.25. The van der Waals surface area contributed by atoms with Crippen LogP contribution < -0.4 is 11.1 Å². The van der Waals surface area contributed by atoms with Crippen LogP contribution in [-0.2, 0) is 0 Å². The van der Waals surface area contributed by atoms with Gasteiger partial charge in [-0.1, -0.05) is 0 Å². The second-order valence-corrected chi connectivity index (χ2v) is 6.11. The zero-order chi connectivity index (χ0) is 12.9. The largest absolute Gasteiger partial charge is 0.398 e. The van der Waals surface area contributed by atoms with Crippen molar-refractivity contribution >= 4 is 22.1 Å². The van der Waals surface area contributed by atoms with E-state index < -0.39 is 0 Å². The Bertz CT molecular complexity index is 627. The van der Waals surface area contributed by atoms with Crippen molar-refractivity contribution in [2.24, 2.45) is 11.3 Å². The topological polar surface area (TPSA) is 50.9 Å². The van der Waals surface area contributed by atoms with Crippen molar-refractivity contribution in [1.29, 1.82) is 0 Å². The predicted octanol–water partition coefficient (Wildman–Crippen LogP) is 3.42. The Hall–Kier alpha value is -1.77. The third-order valence-corrected chi connectivity index (χ3v) is 4.82. The van der Waals surface area contributed by atoms with Crippen molar-refractivity contribution in [1.82, 2.24) is 4.98 Å². The van der Waals surface area contributed by atoms with Crippen LogP contribution in [0.5, 0.6) is 0 Å². The Labute approximate surface area is 113 Å². The molecule has 0 aliphatic heterocycles. The first kappa shape index (κ1) is 11.1. The van der Waals surface area contributed by atoms with Crippen molar-refractivity contribution in [3.63, 3.8) is 0 Å². The summed E-state index contributed by atoms with van der Waals surface area (Å²) in [7, 11) is 0. The van der Waals surface area contributed by atoms with Gasteiger partial charge in [0, 0.05) is 41.1 Å². The number of nitrogens with two attached hydrogens (primary N) is 1. The van der Waals surface area contributed by atoms with Crippen LogP contribution in [0, 0.1) is 11.3 Å². The molecule has 3 N–H and O–H groups in total. The highest BCUT2D eigenvalue weighted by atomic mass is 14.9. The van der Waals surface area contributed by atoms with E-state index in [2.05, 4.69) is 16.4 Å². The predicted molar refractivity (Wildman–Crippen MR) is 79.0 cm³/mol. The van der Waals surface area contributed by atoms with Crippen LogP contribution in [-0.4, -0.2) is 11.5 Å². The molecule has 4 rings (SSSR count). The lowest BCUT2D eigenvalue weighted by Gasteiger charge is -2.17. The minimum absolute atomic E-state index is 0.612. The van der Waals surface area contributed by atoms with E-state index in [-0.39, 0.29) is 0 Å². The van der Waals surface area contributed by atoms with Crippen LogP contribution in [0.1, 0.15) is 25.7 Å². The lowest BCUT2D eigenvalue weighted by atomic mass is 10.0. The molecular formula is C16H19N3. The molecule has 0 unspecified atom stereocenters. The van der Waals surface area contributed by atoms with Crippen molar-refractivity contribution in [3.05, 3.63) is 30.6 Å². The van der Waals surface area contributed by atoms with Crippen molar-refractivity contribution in [2.75, 3.05) is 17.6 Å². The molecule has 0 saturated heterocycles. The fourth-order valence-corrected chi connectivity index (χ4v) is 3.22. The van der Waals surface area contributed by atoms with Crippen LogP contribution in [0.3, 0.4) is 0 Å². The van der Waals surface area contributed by atoms with Gasteiger partial charge in [0.15, 0.2) is 0 Å². The van der Waals surface area contributed by atoms with E-state index in [0.29, 0.717) is 5.41 Å². The van der Waals surface area contributed by atoms with E-state index >= 15 is 0 Å². The van der Waals surface area contributed by atoms with Crippen molar-refractivity contribution < 1.29 is 0 Å². The number of anilines is 2. The van der Waals surface area contributed by atoms with E-state index in [1.807, 2.05) is 24.5 Å². The number of benzene rings is 1. The molecule has 0 radical (unpaired) electrons. The molecule has 0 spiro atoms. The maximum absolute atomic E-state index is 6.01. The Morgan fingerprint density at radius 1 is 1.21 bits per heavy atom. The van der Waals surface area contributed by atoms with E-state index in [1.54, 1.807) is 0 Å². The maximum Gasteiger partial charge on any atom is 0.0422 e. The summed E-state index contributed by atoms with van der Waals surface area (Å²) in [6, 6.07) is 6.12. The third kappa shape index (κ3) is 1.84. The molecule has 2 aromatic rings. The van der Waals surface area contributed by atoms with Gasteiger partial charge in [0.25, 0.3) is 0 Å². The van der Waals surface area contributed by atoms with E-state index in [1.165, 1.54) is 36.8 Å². The van der Waals surface area contributed by atoms with Crippen molar-refractivity contribution in [3.8, 4) is 0 Å². The van der Waals surface area contributed by atoms with Gasteiger partial charge in [0.1, 0.15) is 0 Å². The maximum atomic E-state index is 6.01. The fourth-order valence-electron chi connectivity index (χ4n) is 3.22. The molecule has 3 nitrogen and oxygen atoms in total. The normalized spacial score (nSPS) is 20.4. The number of hydrogen-bond acceptors (Lipinski definition) is 3. The van der Waals surface area contributed by atoms with E-state index in [0.717, 1.165) is 23.5 Å². The minimum Gasteiger partial charge on any atom is -0.398 e. The van der Waals surface area contributed by atoms with E-state index in [4.69, 9.17) is 5.73 Å². The first-order valence-corrected chi connectivity index (χ1v) is 7.15. The molecular weight excluding hydrogens is 234 g/mol. The molecule has 2 saturated carbocycles. The van der Waals surface area contributed by atoms with Gasteiger partial charge in [0.05, 0.1) is 0 Å². The quantitative estimate of drug-likeness (QED) is 0.821. The van der Waals surface area contributed by atoms with Crippen LogP contribution in [0.2, 0.25) is 0 Å². The molecule has 2 aliphatic carbocycles. The highest BCUT2D eigenvalue weighted by Crippen LogP contribution is 2.61. The number of fused-ring (bicyclic) bond motifs is 1. The Balaban J connectivity index is 1.62. The fraction of sp³-hybridized carbons (Fsp3) is 0.438.